The normalized spacial score (nSPS) is 14.4. The Morgan fingerprint density at radius 2 is 2.30 bits per heavy atom. The number of benzene rings is 1. The van der Waals surface area contributed by atoms with Gasteiger partial charge in [-0.05, 0) is 30.5 Å². The summed E-state index contributed by atoms with van der Waals surface area (Å²) in [5.74, 6) is 2.06. The first-order valence-electron chi connectivity index (χ1n) is 7.10. The second-order valence-corrected chi connectivity index (χ2v) is 5.05. The van der Waals surface area contributed by atoms with Gasteiger partial charge in [-0.15, -0.1) is 0 Å². The summed E-state index contributed by atoms with van der Waals surface area (Å²) < 4.78 is 10.8. The maximum absolute atomic E-state index is 5.69. The molecule has 1 heterocycles. The summed E-state index contributed by atoms with van der Waals surface area (Å²) in [5, 5.41) is 7.33. The van der Waals surface area contributed by atoms with Crippen molar-refractivity contribution in [3.63, 3.8) is 0 Å². The third kappa shape index (κ3) is 3.57. The van der Waals surface area contributed by atoms with E-state index in [0.29, 0.717) is 24.4 Å². The van der Waals surface area contributed by atoms with Gasteiger partial charge in [-0.1, -0.05) is 24.2 Å². The molecular formula is C15H19N3O2. The molecular weight excluding hydrogens is 254 g/mol. The first-order valence-corrected chi connectivity index (χ1v) is 7.10. The Hall–Kier alpha value is -1.88. The second-order valence-electron chi connectivity index (χ2n) is 5.05. The van der Waals surface area contributed by atoms with Gasteiger partial charge < -0.3 is 14.6 Å². The van der Waals surface area contributed by atoms with Gasteiger partial charge in [-0.25, -0.2) is 0 Å². The van der Waals surface area contributed by atoms with Crippen LogP contribution in [0.1, 0.15) is 37.0 Å². The molecule has 0 aliphatic heterocycles. The SMILES string of the molecule is CCc1noc(COc2cccc(CNC3CC3)c2)n1. The molecule has 106 valence electrons. The maximum atomic E-state index is 5.69. The highest BCUT2D eigenvalue weighted by Crippen LogP contribution is 2.20. The lowest BCUT2D eigenvalue weighted by atomic mass is 10.2. The van der Waals surface area contributed by atoms with Crippen LogP contribution in [0, 0.1) is 0 Å². The molecule has 1 aliphatic rings. The van der Waals surface area contributed by atoms with Crippen LogP contribution in [0.25, 0.3) is 0 Å². The number of nitrogens with one attached hydrogen (secondary N) is 1. The predicted molar refractivity (Wildman–Crippen MR) is 74.3 cm³/mol. The summed E-state index contributed by atoms with van der Waals surface area (Å²) in [4.78, 5) is 4.22. The second kappa shape index (κ2) is 6.05. The van der Waals surface area contributed by atoms with Crippen molar-refractivity contribution in [3.8, 4) is 5.75 Å². The largest absolute Gasteiger partial charge is 0.484 e. The Balaban J connectivity index is 1.54. The Labute approximate surface area is 118 Å². The zero-order valence-electron chi connectivity index (χ0n) is 11.6. The molecule has 0 radical (unpaired) electrons. The Morgan fingerprint density at radius 1 is 1.40 bits per heavy atom. The number of nitrogens with zero attached hydrogens (tertiary/aromatic N) is 2. The summed E-state index contributed by atoms with van der Waals surface area (Å²) in [5.41, 5.74) is 1.23. The van der Waals surface area contributed by atoms with E-state index >= 15 is 0 Å². The van der Waals surface area contributed by atoms with E-state index in [4.69, 9.17) is 9.26 Å². The molecule has 0 amide bonds. The van der Waals surface area contributed by atoms with Crippen molar-refractivity contribution >= 4 is 0 Å². The summed E-state index contributed by atoms with van der Waals surface area (Å²) in [7, 11) is 0. The molecule has 5 heteroatoms. The van der Waals surface area contributed by atoms with Crippen molar-refractivity contribution in [3.05, 3.63) is 41.5 Å². The molecule has 1 fully saturated rings. The van der Waals surface area contributed by atoms with Gasteiger partial charge in [-0.2, -0.15) is 4.98 Å². The van der Waals surface area contributed by atoms with Crippen molar-refractivity contribution in [2.75, 3.05) is 0 Å². The number of hydrogen-bond acceptors (Lipinski definition) is 5. The van der Waals surface area contributed by atoms with Crippen LogP contribution in [0.3, 0.4) is 0 Å². The Kier molecular flexibility index (Phi) is 3.97. The number of rotatable bonds is 7. The fourth-order valence-corrected chi connectivity index (χ4v) is 1.93. The van der Waals surface area contributed by atoms with Crippen molar-refractivity contribution < 1.29 is 9.26 Å². The molecule has 1 aromatic carbocycles. The topological polar surface area (TPSA) is 60.2 Å². The highest BCUT2D eigenvalue weighted by atomic mass is 16.5. The third-order valence-corrected chi connectivity index (χ3v) is 3.26. The zero-order valence-corrected chi connectivity index (χ0v) is 11.6. The van der Waals surface area contributed by atoms with Crippen LogP contribution in [-0.4, -0.2) is 16.2 Å². The van der Waals surface area contributed by atoms with E-state index in [0.717, 1.165) is 18.7 Å². The van der Waals surface area contributed by atoms with Gasteiger partial charge >= 0.3 is 0 Å². The van der Waals surface area contributed by atoms with Crippen LogP contribution in [0.4, 0.5) is 0 Å². The molecule has 0 atom stereocenters. The molecule has 3 rings (SSSR count). The first kappa shape index (κ1) is 13.1. The highest BCUT2D eigenvalue weighted by Gasteiger charge is 2.19. The van der Waals surface area contributed by atoms with Crippen molar-refractivity contribution in [1.82, 2.24) is 15.5 Å². The van der Waals surface area contributed by atoms with Crippen LogP contribution < -0.4 is 10.1 Å². The van der Waals surface area contributed by atoms with E-state index in [2.05, 4.69) is 21.5 Å². The lowest BCUT2D eigenvalue weighted by Crippen LogP contribution is -2.15. The molecule has 20 heavy (non-hydrogen) atoms. The van der Waals surface area contributed by atoms with E-state index in [9.17, 15) is 0 Å². The average Bonchev–Trinajstić information content (AvgIpc) is 3.20. The quantitative estimate of drug-likeness (QED) is 0.839. The molecule has 1 aromatic heterocycles. The smallest absolute Gasteiger partial charge is 0.264 e. The fourth-order valence-electron chi connectivity index (χ4n) is 1.93. The molecule has 0 unspecified atom stereocenters. The number of hydrogen-bond donors (Lipinski definition) is 1. The van der Waals surface area contributed by atoms with Crippen molar-refractivity contribution in [2.24, 2.45) is 0 Å². The standard InChI is InChI=1S/C15H19N3O2/c1-2-14-17-15(20-18-14)10-19-13-5-3-4-11(8-13)9-16-12-6-7-12/h3-5,8,12,16H,2,6-7,9-10H2,1H3. The van der Waals surface area contributed by atoms with Gasteiger partial charge in [0.15, 0.2) is 12.4 Å². The molecule has 2 aromatic rings. The molecule has 1 N–H and O–H groups in total. The van der Waals surface area contributed by atoms with Gasteiger partial charge in [-0.3, -0.25) is 0 Å². The first-order chi connectivity index (χ1) is 9.83. The lowest BCUT2D eigenvalue weighted by Gasteiger charge is -2.07. The van der Waals surface area contributed by atoms with Crippen LogP contribution in [-0.2, 0) is 19.6 Å². The van der Waals surface area contributed by atoms with E-state index in [1.807, 2.05) is 25.1 Å². The maximum Gasteiger partial charge on any atom is 0.264 e. The number of aryl methyl sites for hydroxylation is 1. The molecule has 0 bridgehead atoms. The van der Waals surface area contributed by atoms with E-state index in [1.165, 1.54) is 18.4 Å². The fraction of sp³-hybridized carbons (Fsp3) is 0.467. The predicted octanol–water partition coefficient (Wildman–Crippen LogP) is 2.46. The van der Waals surface area contributed by atoms with Crippen molar-refractivity contribution in [1.29, 1.82) is 0 Å². The highest BCUT2D eigenvalue weighted by molar-refractivity contribution is 5.28. The molecule has 5 nitrogen and oxygen atoms in total. The lowest BCUT2D eigenvalue weighted by molar-refractivity contribution is 0.242. The van der Waals surface area contributed by atoms with E-state index in [1.54, 1.807) is 0 Å². The van der Waals surface area contributed by atoms with Crippen LogP contribution in [0.5, 0.6) is 5.75 Å². The van der Waals surface area contributed by atoms with E-state index < -0.39 is 0 Å². The van der Waals surface area contributed by atoms with Gasteiger partial charge in [0.05, 0.1) is 0 Å². The monoisotopic (exact) mass is 273 g/mol. The molecule has 0 saturated heterocycles. The van der Waals surface area contributed by atoms with Gasteiger partial charge in [0, 0.05) is 19.0 Å². The van der Waals surface area contributed by atoms with Crippen LogP contribution >= 0.6 is 0 Å². The number of ether oxygens (including phenoxy) is 1. The summed E-state index contributed by atoms with van der Waals surface area (Å²) in [6.45, 7) is 3.20. The summed E-state index contributed by atoms with van der Waals surface area (Å²) in [6, 6.07) is 8.81. The Bertz CT molecular complexity index is 564. The van der Waals surface area contributed by atoms with E-state index in [-0.39, 0.29) is 0 Å². The number of aromatic nitrogens is 2. The minimum absolute atomic E-state index is 0.312. The zero-order chi connectivity index (χ0) is 13.8. The minimum Gasteiger partial charge on any atom is -0.484 e. The van der Waals surface area contributed by atoms with Gasteiger partial charge in [0.2, 0.25) is 0 Å². The van der Waals surface area contributed by atoms with Gasteiger partial charge in [0.25, 0.3) is 5.89 Å². The third-order valence-electron chi connectivity index (χ3n) is 3.26. The van der Waals surface area contributed by atoms with Crippen LogP contribution in [0.2, 0.25) is 0 Å². The average molecular weight is 273 g/mol. The molecule has 1 saturated carbocycles. The van der Waals surface area contributed by atoms with Crippen LogP contribution in [0.15, 0.2) is 28.8 Å². The summed E-state index contributed by atoms with van der Waals surface area (Å²) in [6.07, 6.45) is 3.37. The summed E-state index contributed by atoms with van der Waals surface area (Å²) >= 11 is 0. The molecule has 0 spiro atoms. The Morgan fingerprint density at radius 3 is 3.05 bits per heavy atom. The molecule has 1 aliphatic carbocycles. The minimum atomic E-state index is 0.312. The van der Waals surface area contributed by atoms with Gasteiger partial charge in [0.1, 0.15) is 5.75 Å². The van der Waals surface area contributed by atoms with Crippen molar-refractivity contribution in [2.45, 2.75) is 45.4 Å².